The van der Waals surface area contributed by atoms with E-state index >= 15 is 0 Å². The molecular formula is C19H28N5OS+. The maximum atomic E-state index is 12.0. The summed E-state index contributed by atoms with van der Waals surface area (Å²) in [7, 11) is 4.29. The van der Waals surface area contributed by atoms with Crippen molar-refractivity contribution in [3.8, 4) is 0 Å². The molecule has 2 N–H and O–H groups in total. The third kappa shape index (κ3) is 4.86. The fraction of sp³-hybridized carbons (Fsp3) is 0.526. The number of quaternary nitrogens is 1. The Labute approximate surface area is 159 Å². The first kappa shape index (κ1) is 18.9. The number of nitrogens with zero attached hydrogens (tertiary/aromatic N) is 3. The van der Waals surface area contributed by atoms with Crippen LogP contribution in [0.15, 0.2) is 35.5 Å². The van der Waals surface area contributed by atoms with Gasteiger partial charge in [0.1, 0.15) is 6.04 Å². The molecule has 0 radical (unpaired) electrons. The number of carbonyl (C=O) groups is 1. The highest BCUT2D eigenvalue weighted by atomic mass is 32.2. The number of aromatic nitrogens is 3. The lowest BCUT2D eigenvalue weighted by molar-refractivity contribution is -0.893. The Morgan fingerprint density at radius 2 is 2.04 bits per heavy atom. The van der Waals surface area contributed by atoms with Crippen LogP contribution in [-0.4, -0.2) is 46.6 Å². The molecule has 1 saturated carbocycles. The van der Waals surface area contributed by atoms with Gasteiger partial charge in [-0.15, -0.1) is 10.2 Å². The fourth-order valence-electron chi connectivity index (χ4n) is 3.06. The van der Waals surface area contributed by atoms with E-state index in [9.17, 15) is 4.79 Å². The Kier molecular flexibility index (Phi) is 6.32. The van der Waals surface area contributed by atoms with Crippen LogP contribution in [-0.2, 0) is 11.3 Å². The largest absolute Gasteiger partial charge is 0.353 e. The lowest BCUT2D eigenvalue weighted by Crippen LogP contribution is -3.06. The minimum Gasteiger partial charge on any atom is -0.353 e. The fourth-order valence-corrected chi connectivity index (χ4v) is 3.81. The van der Waals surface area contributed by atoms with Crippen LogP contribution in [0.25, 0.3) is 0 Å². The highest BCUT2D eigenvalue weighted by Gasteiger charge is 2.26. The Balaban J connectivity index is 1.80. The van der Waals surface area contributed by atoms with Gasteiger partial charge in [0.2, 0.25) is 5.91 Å². The molecule has 1 amide bonds. The number of amides is 1. The molecule has 0 bridgehead atoms. The molecule has 1 aliphatic carbocycles. The van der Waals surface area contributed by atoms with Gasteiger partial charge in [-0.25, -0.2) is 0 Å². The van der Waals surface area contributed by atoms with Crippen LogP contribution < -0.4 is 10.2 Å². The Bertz CT molecular complexity index is 727. The van der Waals surface area contributed by atoms with E-state index in [-0.39, 0.29) is 11.9 Å². The summed E-state index contributed by atoms with van der Waals surface area (Å²) in [6, 6.07) is 11.0. The number of thioether (sulfide) groups is 1. The predicted octanol–water partition coefficient (Wildman–Crippen LogP) is 1.29. The van der Waals surface area contributed by atoms with Crippen LogP contribution in [0.4, 0.5) is 0 Å². The Hall–Kier alpha value is -1.86. The summed E-state index contributed by atoms with van der Waals surface area (Å²) >= 11 is 1.47. The molecule has 2 aromatic rings. The van der Waals surface area contributed by atoms with E-state index < -0.39 is 0 Å². The van der Waals surface area contributed by atoms with Crippen molar-refractivity contribution in [3.63, 3.8) is 0 Å². The van der Waals surface area contributed by atoms with Crippen molar-refractivity contribution in [2.24, 2.45) is 0 Å². The van der Waals surface area contributed by atoms with Gasteiger partial charge in [-0.2, -0.15) is 0 Å². The summed E-state index contributed by atoms with van der Waals surface area (Å²) in [4.78, 5) is 13.4. The van der Waals surface area contributed by atoms with E-state index in [1.54, 1.807) is 0 Å². The lowest BCUT2D eigenvalue weighted by atomic mass is 10.2. The van der Waals surface area contributed by atoms with Crippen LogP contribution in [0, 0.1) is 0 Å². The second-order valence-electron chi connectivity index (χ2n) is 7.08. The third-order valence-electron chi connectivity index (χ3n) is 4.62. The molecule has 140 valence electrons. The summed E-state index contributed by atoms with van der Waals surface area (Å²) in [5.41, 5.74) is 1.21. The van der Waals surface area contributed by atoms with Crippen LogP contribution in [0.1, 0.15) is 43.6 Å². The van der Waals surface area contributed by atoms with Crippen molar-refractivity contribution in [3.05, 3.63) is 41.7 Å². The van der Waals surface area contributed by atoms with Gasteiger partial charge in [-0.05, 0) is 18.4 Å². The van der Waals surface area contributed by atoms with Gasteiger partial charge in [0.25, 0.3) is 0 Å². The Morgan fingerprint density at radius 1 is 1.31 bits per heavy atom. The van der Waals surface area contributed by atoms with Crippen molar-refractivity contribution < 1.29 is 9.69 Å². The SMILES string of the molecule is CC[C@@H](c1nnc(SCC(=O)NC2CC2)n1Cc1ccccc1)[NH+](C)C. The first-order valence-corrected chi connectivity index (χ1v) is 10.3. The maximum absolute atomic E-state index is 12.0. The van der Waals surface area contributed by atoms with E-state index in [0.29, 0.717) is 11.8 Å². The van der Waals surface area contributed by atoms with Gasteiger partial charge in [0, 0.05) is 12.5 Å². The smallest absolute Gasteiger partial charge is 0.230 e. The van der Waals surface area contributed by atoms with Gasteiger partial charge >= 0.3 is 0 Å². The zero-order valence-corrected chi connectivity index (χ0v) is 16.6. The van der Waals surface area contributed by atoms with Crippen molar-refractivity contribution in [2.75, 3.05) is 19.8 Å². The Morgan fingerprint density at radius 3 is 2.65 bits per heavy atom. The number of carbonyl (C=O) groups excluding carboxylic acids is 1. The number of rotatable bonds is 9. The molecule has 1 fully saturated rings. The molecule has 3 rings (SSSR count). The molecule has 1 atom stereocenters. The zero-order chi connectivity index (χ0) is 18.5. The normalized spacial score (nSPS) is 15.2. The third-order valence-corrected chi connectivity index (χ3v) is 5.59. The molecule has 1 aromatic carbocycles. The number of nitrogens with one attached hydrogen (secondary N) is 2. The second-order valence-corrected chi connectivity index (χ2v) is 8.02. The van der Waals surface area contributed by atoms with E-state index in [1.807, 2.05) is 18.2 Å². The number of hydrogen-bond donors (Lipinski definition) is 2. The average Bonchev–Trinajstić information content (AvgIpc) is 3.36. The van der Waals surface area contributed by atoms with Gasteiger partial charge < -0.3 is 10.2 Å². The van der Waals surface area contributed by atoms with Crippen molar-refractivity contribution in [1.82, 2.24) is 20.1 Å². The number of hydrogen-bond acceptors (Lipinski definition) is 4. The quantitative estimate of drug-likeness (QED) is 0.650. The highest BCUT2D eigenvalue weighted by molar-refractivity contribution is 7.99. The summed E-state index contributed by atoms with van der Waals surface area (Å²) in [5, 5.41) is 12.8. The summed E-state index contributed by atoms with van der Waals surface area (Å²) in [6.45, 7) is 2.90. The summed E-state index contributed by atoms with van der Waals surface area (Å²) in [6.07, 6.45) is 3.20. The molecule has 0 saturated heterocycles. The van der Waals surface area contributed by atoms with Crippen LogP contribution in [0.3, 0.4) is 0 Å². The highest BCUT2D eigenvalue weighted by Crippen LogP contribution is 2.23. The maximum Gasteiger partial charge on any atom is 0.230 e. The van der Waals surface area contributed by atoms with E-state index in [2.05, 4.69) is 53.2 Å². The molecule has 1 aliphatic rings. The molecule has 0 spiro atoms. The molecule has 1 aromatic heterocycles. The second kappa shape index (κ2) is 8.68. The van der Waals surface area contributed by atoms with E-state index in [1.165, 1.54) is 22.2 Å². The molecule has 0 unspecified atom stereocenters. The molecule has 26 heavy (non-hydrogen) atoms. The average molecular weight is 375 g/mol. The van der Waals surface area contributed by atoms with Crippen molar-refractivity contribution >= 4 is 17.7 Å². The minimum absolute atomic E-state index is 0.0820. The first-order chi connectivity index (χ1) is 12.6. The zero-order valence-electron chi connectivity index (χ0n) is 15.7. The number of benzene rings is 1. The molecule has 6 nitrogen and oxygen atoms in total. The van der Waals surface area contributed by atoms with Crippen LogP contribution >= 0.6 is 11.8 Å². The molecule has 7 heteroatoms. The van der Waals surface area contributed by atoms with Crippen molar-refractivity contribution in [2.45, 2.75) is 50.0 Å². The van der Waals surface area contributed by atoms with Crippen LogP contribution in [0.5, 0.6) is 0 Å². The standard InChI is InChI=1S/C19H27N5OS/c1-4-16(23(2)3)18-21-22-19(26-13-17(25)20-15-10-11-15)24(18)12-14-8-6-5-7-9-14/h5-9,15-16H,4,10-13H2,1-3H3,(H,20,25)/p+1/t16-/m0/s1. The van der Waals surface area contributed by atoms with Gasteiger partial charge in [0.15, 0.2) is 11.0 Å². The van der Waals surface area contributed by atoms with E-state index in [4.69, 9.17) is 0 Å². The van der Waals surface area contributed by atoms with Crippen molar-refractivity contribution in [1.29, 1.82) is 0 Å². The topological polar surface area (TPSA) is 64.2 Å². The predicted molar refractivity (Wildman–Crippen MR) is 103 cm³/mol. The summed E-state index contributed by atoms with van der Waals surface area (Å²) in [5.74, 6) is 1.45. The van der Waals surface area contributed by atoms with Gasteiger partial charge in [0.05, 0.1) is 26.4 Å². The lowest BCUT2D eigenvalue weighted by Gasteiger charge is -2.20. The molecule has 1 heterocycles. The molecule has 0 aliphatic heterocycles. The van der Waals surface area contributed by atoms with E-state index in [0.717, 1.165) is 36.8 Å². The first-order valence-electron chi connectivity index (χ1n) is 9.27. The van der Waals surface area contributed by atoms with Gasteiger partial charge in [-0.1, -0.05) is 49.0 Å². The molecular weight excluding hydrogens is 346 g/mol. The van der Waals surface area contributed by atoms with Crippen LogP contribution in [0.2, 0.25) is 0 Å². The van der Waals surface area contributed by atoms with Gasteiger partial charge in [-0.3, -0.25) is 9.36 Å². The minimum atomic E-state index is 0.0820. The summed E-state index contributed by atoms with van der Waals surface area (Å²) < 4.78 is 2.17. The monoisotopic (exact) mass is 374 g/mol.